The number of aliphatic hydroxyl groups is 1. The van der Waals surface area contributed by atoms with Crippen molar-refractivity contribution in [3.63, 3.8) is 0 Å². The number of methoxy groups -OCH3 is 1. The number of unbranched alkanes of at least 4 members (excludes halogenated alkanes) is 1. The van der Waals surface area contributed by atoms with Crippen molar-refractivity contribution in [1.29, 1.82) is 0 Å². The Bertz CT molecular complexity index is 1680. The van der Waals surface area contributed by atoms with Crippen molar-refractivity contribution in [2.45, 2.75) is 38.6 Å². The molecule has 0 saturated carbocycles. The average molecular weight is 622 g/mol. The highest BCUT2D eigenvalue weighted by Gasteiger charge is 2.22. The van der Waals surface area contributed by atoms with Crippen LogP contribution in [-0.2, 0) is 11.2 Å². The van der Waals surface area contributed by atoms with Crippen LogP contribution in [0.2, 0.25) is 0 Å². The summed E-state index contributed by atoms with van der Waals surface area (Å²) in [5, 5.41) is 18.7. The smallest absolute Gasteiger partial charge is 0.251 e. The van der Waals surface area contributed by atoms with Gasteiger partial charge in [-0.05, 0) is 55.2 Å². The number of ether oxygens (including phenoxy) is 1. The number of amides is 2. The van der Waals surface area contributed by atoms with Crippen molar-refractivity contribution >= 4 is 29.0 Å². The van der Waals surface area contributed by atoms with Gasteiger partial charge in [-0.3, -0.25) is 14.0 Å². The first-order chi connectivity index (χ1) is 21.8. The summed E-state index contributed by atoms with van der Waals surface area (Å²) in [6.07, 6.45) is 6.94. The molecule has 4 N–H and O–H groups in total. The summed E-state index contributed by atoms with van der Waals surface area (Å²) in [7, 11) is 1.27. The molecule has 0 aliphatic carbocycles. The van der Waals surface area contributed by atoms with Crippen LogP contribution in [0.25, 0.3) is 16.9 Å². The van der Waals surface area contributed by atoms with E-state index in [0.717, 1.165) is 5.56 Å². The van der Waals surface area contributed by atoms with Crippen molar-refractivity contribution in [3.05, 3.63) is 71.7 Å². The molecule has 2 aromatic carbocycles. The van der Waals surface area contributed by atoms with Crippen molar-refractivity contribution < 1.29 is 28.2 Å². The standard InChI is InChI=1S/C32H37F2N7O4/c1-3-20-16-21(7-8-23(20)32(44)37-11-5-4-6-27(43)40-14-12-35-22(18-40)19-42)39-30-31-38-17-25(41(31)15-13-36-30)24-9-10-26(45-2)29(34)28(24)33/h7-10,13,15-17,22,35,42H,3-6,11-12,14,18-19H2,1-2H3,(H,36,39)(H,37,44)/t22-/m0/s1. The van der Waals surface area contributed by atoms with Gasteiger partial charge < -0.3 is 30.7 Å². The first kappa shape index (κ1) is 31.8. The number of carbonyl (C=O) groups is 2. The van der Waals surface area contributed by atoms with Crippen molar-refractivity contribution in [3.8, 4) is 17.0 Å². The van der Waals surface area contributed by atoms with E-state index in [2.05, 4.69) is 25.9 Å². The van der Waals surface area contributed by atoms with Crippen molar-refractivity contribution in [1.82, 2.24) is 29.9 Å². The third-order valence-electron chi connectivity index (χ3n) is 7.90. The van der Waals surface area contributed by atoms with E-state index in [1.807, 2.05) is 13.0 Å². The number of piperazine rings is 1. The SMILES string of the molecule is CCc1cc(Nc2nccn3c(-c4ccc(OC)c(F)c4F)cnc23)ccc1C(=O)NCCCCC(=O)N1CCN[C@H](CO)C1. The summed E-state index contributed by atoms with van der Waals surface area (Å²) >= 11 is 0. The Balaban J connectivity index is 1.20. The second-order valence-corrected chi connectivity index (χ2v) is 10.8. The average Bonchev–Trinajstić information content (AvgIpc) is 3.50. The molecule has 1 saturated heterocycles. The highest BCUT2D eigenvalue weighted by atomic mass is 19.2. The molecule has 3 heterocycles. The zero-order chi connectivity index (χ0) is 31.9. The van der Waals surface area contributed by atoms with E-state index in [1.54, 1.807) is 27.6 Å². The minimum absolute atomic E-state index is 0.00184. The molecule has 0 spiro atoms. The number of carbonyl (C=O) groups excluding carboxylic acids is 2. The van der Waals surface area contributed by atoms with Gasteiger partial charge in [0.1, 0.15) is 0 Å². The van der Waals surface area contributed by atoms with E-state index < -0.39 is 11.6 Å². The number of hydrogen-bond acceptors (Lipinski definition) is 8. The maximum Gasteiger partial charge on any atom is 0.251 e. The van der Waals surface area contributed by atoms with Gasteiger partial charge >= 0.3 is 0 Å². The quantitative estimate of drug-likeness (QED) is 0.176. The first-order valence-corrected chi connectivity index (χ1v) is 15.0. The molecule has 4 aromatic rings. The number of aromatic nitrogens is 3. The first-order valence-electron chi connectivity index (χ1n) is 15.0. The summed E-state index contributed by atoms with van der Waals surface area (Å²) in [6.45, 7) is 4.23. The Hall–Kier alpha value is -4.62. The molecule has 1 atom stereocenters. The maximum atomic E-state index is 14.8. The van der Waals surface area contributed by atoms with Gasteiger partial charge in [0.2, 0.25) is 11.7 Å². The van der Waals surface area contributed by atoms with Gasteiger partial charge in [-0.25, -0.2) is 14.4 Å². The van der Waals surface area contributed by atoms with Gasteiger partial charge in [0, 0.05) is 67.8 Å². The van der Waals surface area contributed by atoms with E-state index in [-0.39, 0.29) is 35.8 Å². The van der Waals surface area contributed by atoms with Gasteiger partial charge in [0.15, 0.2) is 23.0 Å². The van der Waals surface area contributed by atoms with Crippen LogP contribution in [0.5, 0.6) is 5.75 Å². The summed E-state index contributed by atoms with van der Waals surface area (Å²) in [4.78, 5) is 36.1. The highest BCUT2D eigenvalue weighted by Crippen LogP contribution is 2.31. The maximum absolute atomic E-state index is 14.8. The zero-order valence-corrected chi connectivity index (χ0v) is 25.3. The minimum Gasteiger partial charge on any atom is -0.494 e. The topological polar surface area (TPSA) is 133 Å². The number of aliphatic hydroxyl groups excluding tert-OH is 1. The van der Waals surface area contributed by atoms with E-state index in [9.17, 15) is 23.5 Å². The number of rotatable bonds is 12. The molecule has 1 aliphatic heterocycles. The second kappa shape index (κ2) is 14.4. The number of nitrogens with zero attached hydrogens (tertiary/aromatic N) is 4. The summed E-state index contributed by atoms with van der Waals surface area (Å²) in [5.74, 6) is -2.02. The highest BCUT2D eigenvalue weighted by molar-refractivity contribution is 5.96. The van der Waals surface area contributed by atoms with E-state index in [1.165, 1.54) is 31.6 Å². The molecule has 0 radical (unpaired) electrons. The van der Waals surface area contributed by atoms with Crippen LogP contribution in [-0.4, -0.2) is 82.1 Å². The second-order valence-electron chi connectivity index (χ2n) is 10.8. The van der Waals surface area contributed by atoms with Crippen LogP contribution in [0.4, 0.5) is 20.3 Å². The number of benzene rings is 2. The van der Waals surface area contributed by atoms with E-state index in [4.69, 9.17) is 4.74 Å². The number of aryl methyl sites for hydroxylation is 1. The van der Waals surface area contributed by atoms with Gasteiger partial charge in [-0.15, -0.1) is 0 Å². The molecular formula is C32H37F2N7O4. The number of halogens is 2. The molecule has 45 heavy (non-hydrogen) atoms. The van der Waals surface area contributed by atoms with E-state index in [0.29, 0.717) is 80.3 Å². The third kappa shape index (κ3) is 7.04. The van der Waals surface area contributed by atoms with Crippen molar-refractivity contribution in [2.75, 3.05) is 45.2 Å². The Morgan fingerprint density at radius 1 is 1.16 bits per heavy atom. The lowest BCUT2D eigenvalue weighted by molar-refractivity contribution is -0.132. The zero-order valence-electron chi connectivity index (χ0n) is 25.3. The van der Waals surface area contributed by atoms with Crippen LogP contribution in [0.15, 0.2) is 48.9 Å². The molecule has 5 rings (SSSR count). The predicted molar refractivity (Wildman–Crippen MR) is 166 cm³/mol. The summed E-state index contributed by atoms with van der Waals surface area (Å²) < 4.78 is 35.7. The van der Waals surface area contributed by atoms with Crippen LogP contribution >= 0.6 is 0 Å². The number of hydrogen-bond donors (Lipinski definition) is 4. The lowest BCUT2D eigenvalue weighted by atomic mass is 10.0. The van der Waals surface area contributed by atoms with Crippen molar-refractivity contribution in [2.24, 2.45) is 0 Å². The number of nitrogens with one attached hydrogen (secondary N) is 3. The minimum atomic E-state index is -1.08. The molecule has 238 valence electrons. The molecule has 2 amide bonds. The molecule has 2 aromatic heterocycles. The van der Waals surface area contributed by atoms with Crippen LogP contribution < -0.4 is 20.7 Å². The van der Waals surface area contributed by atoms with Gasteiger partial charge in [-0.1, -0.05) is 6.92 Å². The lowest BCUT2D eigenvalue weighted by Crippen LogP contribution is -2.53. The molecule has 0 bridgehead atoms. The monoisotopic (exact) mass is 621 g/mol. The number of imidazole rings is 1. The van der Waals surface area contributed by atoms with Gasteiger partial charge in [0.05, 0.1) is 25.6 Å². The fourth-order valence-corrected chi connectivity index (χ4v) is 5.45. The van der Waals surface area contributed by atoms with Crippen LogP contribution in [0.1, 0.15) is 42.1 Å². The van der Waals surface area contributed by atoms with E-state index >= 15 is 0 Å². The molecule has 1 fully saturated rings. The molecule has 13 heteroatoms. The Kier molecular flexibility index (Phi) is 10.2. The largest absolute Gasteiger partial charge is 0.494 e. The Morgan fingerprint density at radius 2 is 2.00 bits per heavy atom. The molecular weight excluding hydrogens is 584 g/mol. The van der Waals surface area contributed by atoms with Gasteiger partial charge in [-0.2, -0.15) is 4.39 Å². The fraction of sp³-hybridized carbons (Fsp3) is 0.375. The fourth-order valence-electron chi connectivity index (χ4n) is 5.45. The third-order valence-corrected chi connectivity index (χ3v) is 7.90. The Morgan fingerprint density at radius 3 is 2.78 bits per heavy atom. The molecule has 1 aliphatic rings. The number of anilines is 2. The van der Waals surface area contributed by atoms with Gasteiger partial charge in [0.25, 0.3) is 5.91 Å². The summed E-state index contributed by atoms with van der Waals surface area (Å²) in [5.41, 5.74) is 2.86. The van der Waals surface area contributed by atoms with Crippen LogP contribution in [0, 0.1) is 11.6 Å². The lowest BCUT2D eigenvalue weighted by Gasteiger charge is -2.32. The Labute approximate surface area is 259 Å². The van der Waals surface area contributed by atoms with Crippen LogP contribution in [0.3, 0.4) is 0 Å². The number of fused-ring (bicyclic) bond motifs is 1. The normalized spacial score (nSPS) is 14.9. The molecule has 11 nitrogen and oxygen atoms in total. The molecule has 0 unspecified atom stereocenters. The predicted octanol–water partition coefficient (Wildman–Crippen LogP) is 3.68. The summed E-state index contributed by atoms with van der Waals surface area (Å²) in [6, 6.07) is 8.10.